The van der Waals surface area contributed by atoms with Crippen molar-refractivity contribution in [2.75, 3.05) is 20.2 Å². The Hall–Kier alpha value is -1.14. The van der Waals surface area contributed by atoms with E-state index < -0.39 is 12.1 Å². The van der Waals surface area contributed by atoms with E-state index in [-0.39, 0.29) is 30.8 Å². The Bertz CT molecular complexity index is 283. The Morgan fingerprint density at radius 1 is 1.59 bits per heavy atom. The summed E-state index contributed by atoms with van der Waals surface area (Å²) in [5.41, 5.74) is 0. The van der Waals surface area contributed by atoms with Gasteiger partial charge in [-0.1, -0.05) is 0 Å². The summed E-state index contributed by atoms with van der Waals surface area (Å²) in [7, 11) is 1.44. The molecule has 1 heterocycles. The van der Waals surface area contributed by atoms with Crippen LogP contribution in [0.25, 0.3) is 0 Å². The topological polar surface area (TPSA) is 87.7 Å². The number of carbonyl (C=O) groups excluding carboxylic acids is 1. The van der Waals surface area contributed by atoms with Gasteiger partial charge in [-0.05, 0) is 19.9 Å². The minimum atomic E-state index is -0.929. The lowest BCUT2D eigenvalue weighted by Gasteiger charge is -2.18. The van der Waals surface area contributed by atoms with E-state index in [1.165, 1.54) is 7.11 Å². The highest BCUT2D eigenvalue weighted by atomic mass is 16.5. The Balaban J connectivity index is 2.33. The van der Waals surface area contributed by atoms with Crippen molar-refractivity contribution >= 4 is 11.9 Å². The van der Waals surface area contributed by atoms with Gasteiger partial charge in [0.1, 0.15) is 0 Å². The normalized spacial score (nSPS) is 25.5. The van der Waals surface area contributed by atoms with Gasteiger partial charge in [0.15, 0.2) is 0 Å². The molecule has 0 aliphatic carbocycles. The smallest absolute Gasteiger partial charge is 0.306 e. The van der Waals surface area contributed by atoms with Crippen LogP contribution in [0.3, 0.4) is 0 Å². The highest BCUT2D eigenvalue weighted by Gasteiger charge is 2.29. The number of carbonyl (C=O) groups is 2. The second-order valence-electron chi connectivity index (χ2n) is 4.34. The van der Waals surface area contributed by atoms with Crippen molar-refractivity contribution in [1.82, 2.24) is 10.6 Å². The predicted octanol–water partition coefficient (Wildman–Crippen LogP) is -0.410. The number of nitrogens with one attached hydrogen (secondary N) is 2. The molecule has 0 bridgehead atoms. The zero-order valence-electron chi connectivity index (χ0n) is 10.2. The average Bonchev–Trinajstić information content (AvgIpc) is 2.69. The zero-order valence-corrected chi connectivity index (χ0v) is 10.2. The summed E-state index contributed by atoms with van der Waals surface area (Å²) in [5.74, 6) is -0.991. The first-order chi connectivity index (χ1) is 8.04. The summed E-state index contributed by atoms with van der Waals surface area (Å²) in [6.45, 7) is 3.06. The van der Waals surface area contributed by atoms with Gasteiger partial charge in [-0.2, -0.15) is 0 Å². The number of hydrogen-bond donors (Lipinski definition) is 3. The molecule has 1 aliphatic heterocycles. The number of aliphatic carboxylic acids is 1. The first-order valence-electron chi connectivity index (χ1n) is 5.80. The van der Waals surface area contributed by atoms with Crippen LogP contribution >= 0.6 is 0 Å². The number of carboxylic acid groups (broad SMARTS) is 1. The summed E-state index contributed by atoms with van der Waals surface area (Å²) >= 11 is 0. The van der Waals surface area contributed by atoms with Gasteiger partial charge in [0.2, 0.25) is 5.91 Å². The summed E-state index contributed by atoms with van der Waals surface area (Å²) < 4.78 is 4.99. The van der Waals surface area contributed by atoms with Crippen LogP contribution < -0.4 is 10.6 Å². The van der Waals surface area contributed by atoms with E-state index in [0.717, 1.165) is 13.0 Å². The molecule has 1 aliphatic rings. The van der Waals surface area contributed by atoms with E-state index >= 15 is 0 Å². The van der Waals surface area contributed by atoms with Crippen molar-refractivity contribution in [3.05, 3.63) is 0 Å². The second kappa shape index (κ2) is 6.56. The molecule has 6 nitrogen and oxygen atoms in total. The van der Waals surface area contributed by atoms with Gasteiger partial charge >= 0.3 is 5.97 Å². The third-order valence-electron chi connectivity index (χ3n) is 3.10. The number of methoxy groups -OCH3 is 1. The molecule has 0 aromatic rings. The molecule has 3 atom stereocenters. The Morgan fingerprint density at radius 3 is 2.76 bits per heavy atom. The molecule has 0 spiro atoms. The molecule has 0 saturated carbocycles. The van der Waals surface area contributed by atoms with E-state index in [9.17, 15) is 9.59 Å². The van der Waals surface area contributed by atoms with E-state index in [2.05, 4.69) is 10.6 Å². The quantitative estimate of drug-likeness (QED) is 0.591. The minimum absolute atomic E-state index is 0.0302. The van der Waals surface area contributed by atoms with Gasteiger partial charge in [0.25, 0.3) is 0 Å². The maximum atomic E-state index is 11.8. The third-order valence-corrected chi connectivity index (χ3v) is 3.10. The molecule has 1 rings (SSSR count). The lowest BCUT2D eigenvalue weighted by molar-refractivity contribution is -0.140. The number of ether oxygens (including phenoxy) is 1. The number of carboxylic acids is 1. The summed E-state index contributed by atoms with van der Waals surface area (Å²) in [6.07, 6.45) is 0.250. The molecule has 3 unspecified atom stereocenters. The van der Waals surface area contributed by atoms with Crippen molar-refractivity contribution in [3.63, 3.8) is 0 Å². The van der Waals surface area contributed by atoms with Crippen LogP contribution in [-0.2, 0) is 14.3 Å². The van der Waals surface area contributed by atoms with Crippen LogP contribution in [0, 0.1) is 5.92 Å². The Kier molecular flexibility index (Phi) is 5.37. The lowest BCUT2D eigenvalue weighted by atomic mass is 10.0. The summed E-state index contributed by atoms with van der Waals surface area (Å²) in [5, 5.41) is 14.6. The molecule has 98 valence electrons. The highest BCUT2D eigenvalue weighted by Crippen LogP contribution is 2.14. The SMILES string of the molecule is COC(CNC(=O)C1CCNC1C)CC(=O)O. The molecular weight excluding hydrogens is 224 g/mol. The minimum Gasteiger partial charge on any atom is -0.481 e. The van der Waals surface area contributed by atoms with Gasteiger partial charge < -0.3 is 20.5 Å². The van der Waals surface area contributed by atoms with Crippen molar-refractivity contribution in [3.8, 4) is 0 Å². The molecule has 1 saturated heterocycles. The Morgan fingerprint density at radius 2 is 2.29 bits per heavy atom. The van der Waals surface area contributed by atoms with Crippen LogP contribution in [0.2, 0.25) is 0 Å². The fourth-order valence-electron chi connectivity index (χ4n) is 2.00. The van der Waals surface area contributed by atoms with Crippen LogP contribution in [0.15, 0.2) is 0 Å². The van der Waals surface area contributed by atoms with E-state index in [4.69, 9.17) is 9.84 Å². The van der Waals surface area contributed by atoms with Gasteiger partial charge in [0, 0.05) is 19.7 Å². The Labute approximate surface area is 101 Å². The third kappa shape index (κ3) is 4.32. The molecular formula is C11H20N2O4. The van der Waals surface area contributed by atoms with Crippen molar-refractivity contribution in [2.24, 2.45) is 5.92 Å². The first kappa shape index (κ1) is 13.9. The van der Waals surface area contributed by atoms with Crippen LogP contribution in [0.5, 0.6) is 0 Å². The molecule has 6 heteroatoms. The average molecular weight is 244 g/mol. The molecule has 0 aromatic carbocycles. The maximum Gasteiger partial charge on any atom is 0.306 e. The van der Waals surface area contributed by atoms with Gasteiger partial charge in [0.05, 0.1) is 18.4 Å². The molecule has 0 radical (unpaired) electrons. The zero-order chi connectivity index (χ0) is 12.8. The van der Waals surface area contributed by atoms with Crippen LogP contribution in [-0.4, -0.2) is 49.3 Å². The van der Waals surface area contributed by atoms with Crippen molar-refractivity contribution in [2.45, 2.75) is 31.9 Å². The molecule has 1 fully saturated rings. The van der Waals surface area contributed by atoms with E-state index in [1.54, 1.807) is 0 Å². The highest BCUT2D eigenvalue weighted by molar-refractivity contribution is 5.79. The fourth-order valence-corrected chi connectivity index (χ4v) is 2.00. The van der Waals surface area contributed by atoms with Crippen LogP contribution in [0.4, 0.5) is 0 Å². The van der Waals surface area contributed by atoms with E-state index in [0.29, 0.717) is 0 Å². The predicted molar refractivity (Wildman–Crippen MR) is 61.6 cm³/mol. The van der Waals surface area contributed by atoms with Crippen molar-refractivity contribution < 1.29 is 19.4 Å². The molecule has 3 N–H and O–H groups in total. The number of rotatable bonds is 6. The maximum absolute atomic E-state index is 11.8. The molecule has 1 amide bonds. The van der Waals surface area contributed by atoms with E-state index in [1.807, 2.05) is 6.92 Å². The van der Waals surface area contributed by atoms with Gasteiger partial charge in [-0.15, -0.1) is 0 Å². The second-order valence-corrected chi connectivity index (χ2v) is 4.34. The number of amides is 1. The largest absolute Gasteiger partial charge is 0.481 e. The molecule has 17 heavy (non-hydrogen) atoms. The fraction of sp³-hybridized carbons (Fsp3) is 0.818. The van der Waals surface area contributed by atoms with Crippen molar-refractivity contribution in [1.29, 1.82) is 0 Å². The van der Waals surface area contributed by atoms with Gasteiger partial charge in [-0.3, -0.25) is 9.59 Å². The molecule has 0 aromatic heterocycles. The summed E-state index contributed by atoms with van der Waals surface area (Å²) in [6, 6.07) is 0.176. The monoisotopic (exact) mass is 244 g/mol. The first-order valence-corrected chi connectivity index (χ1v) is 5.80. The van der Waals surface area contributed by atoms with Crippen LogP contribution in [0.1, 0.15) is 19.8 Å². The number of hydrogen-bond acceptors (Lipinski definition) is 4. The lowest BCUT2D eigenvalue weighted by Crippen LogP contribution is -2.41. The van der Waals surface area contributed by atoms with Gasteiger partial charge in [-0.25, -0.2) is 0 Å². The standard InChI is InChI=1S/C11H20N2O4/c1-7-9(3-4-12-7)11(16)13-6-8(17-2)5-10(14)15/h7-9,12H,3-6H2,1-2H3,(H,13,16)(H,14,15). The summed E-state index contributed by atoms with van der Waals surface area (Å²) in [4.78, 5) is 22.3.